The van der Waals surface area contributed by atoms with Crippen molar-refractivity contribution in [3.63, 3.8) is 0 Å². The van der Waals surface area contributed by atoms with Crippen molar-refractivity contribution in [2.45, 2.75) is 19.3 Å². The Kier molecular flexibility index (Phi) is 9.43. The lowest BCUT2D eigenvalue weighted by Gasteiger charge is -2.22. The van der Waals surface area contributed by atoms with Crippen LogP contribution in [-0.4, -0.2) is 24.9 Å². The lowest BCUT2D eigenvalue weighted by Crippen LogP contribution is -2.14. The lowest BCUT2D eigenvalue weighted by molar-refractivity contribution is 0.660. The minimum absolute atomic E-state index is 0.123. The zero-order chi connectivity index (χ0) is 42.3. The maximum Gasteiger partial charge on any atom is 0.164 e. The van der Waals surface area contributed by atoms with Crippen LogP contribution in [0.2, 0.25) is 0 Å². The highest BCUT2D eigenvalue weighted by atomic mass is 15.0. The summed E-state index contributed by atoms with van der Waals surface area (Å²) in [5, 5.41) is 0. The summed E-state index contributed by atoms with van der Waals surface area (Å²) in [6, 6.07) is 73.8. The van der Waals surface area contributed by atoms with Gasteiger partial charge in [0, 0.05) is 38.8 Å². The van der Waals surface area contributed by atoms with Gasteiger partial charge in [-0.05, 0) is 74.8 Å². The van der Waals surface area contributed by atoms with Crippen LogP contribution in [0.4, 0.5) is 0 Å². The zero-order valence-electron chi connectivity index (χ0n) is 34.9. The van der Waals surface area contributed by atoms with Crippen LogP contribution in [-0.2, 0) is 5.41 Å². The molecule has 5 heteroatoms. The molecule has 0 fully saturated rings. The number of aromatic nitrogens is 5. The summed E-state index contributed by atoms with van der Waals surface area (Å²) in [7, 11) is 0. The molecule has 0 N–H and O–H groups in total. The molecule has 0 bridgehead atoms. The Hall–Kier alpha value is -8.15. The Bertz CT molecular complexity index is 3310. The third-order valence-corrected chi connectivity index (χ3v) is 12.1. The van der Waals surface area contributed by atoms with Crippen LogP contribution < -0.4 is 0 Å². The average molecular weight is 808 g/mol. The fourth-order valence-electron chi connectivity index (χ4n) is 8.84. The van der Waals surface area contributed by atoms with Crippen LogP contribution in [0, 0.1) is 0 Å². The molecule has 8 aromatic carbocycles. The lowest BCUT2D eigenvalue weighted by atomic mass is 9.82. The topological polar surface area (TPSA) is 64.5 Å². The van der Waals surface area contributed by atoms with Crippen LogP contribution in [0.1, 0.15) is 25.0 Å². The SMILES string of the molecule is CC1(C)c2ccccc2-c2ccc(-c3cc(-c4cccc(-c5cccc(-c6nc(-c7ccccc7)nc(-c7cccc(-c8ccccc8)c7)n6)c5)c4)nc(-c4ccccc4)n3)cc21. The summed E-state index contributed by atoms with van der Waals surface area (Å²) in [5.74, 6) is 2.54. The first kappa shape index (κ1) is 37.8. The molecule has 298 valence electrons. The normalized spacial score (nSPS) is 12.4. The molecule has 0 amide bonds. The van der Waals surface area contributed by atoms with Crippen molar-refractivity contribution in [2.75, 3.05) is 0 Å². The van der Waals surface area contributed by atoms with Gasteiger partial charge in [-0.3, -0.25) is 0 Å². The molecule has 2 aromatic heterocycles. The van der Waals surface area contributed by atoms with E-state index in [4.69, 9.17) is 24.9 Å². The number of fused-ring (bicyclic) bond motifs is 3. The van der Waals surface area contributed by atoms with Gasteiger partial charge in [-0.25, -0.2) is 24.9 Å². The Labute approximate surface area is 367 Å². The first-order valence-corrected chi connectivity index (χ1v) is 21.3. The second-order valence-electron chi connectivity index (χ2n) is 16.5. The standard InChI is InChI=1S/C58H41N5/c1-58(2)50-30-13-12-29-48(50)49-32-31-45(36-51(49)58)53-37-52(59-54(60-53)39-19-8-4-9-20-39)44-26-14-24-42(33-44)43-25-16-28-47(35-43)57-62-55(40-21-10-5-11-22-40)61-56(63-57)46-27-15-23-41(34-46)38-17-6-3-7-18-38/h3-37H,1-2H3. The molecule has 0 saturated heterocycles. The van der Waals surface area contributed by atoms with E-state index >= 15 is 0 Å². The van der Waals surface area contributed by atoms with E-state index < -0.39 is 0 Å². The minimum Gasteiger partial charge on any atom is -0.228 e. The largest absolute Gasteiger partial charge is 0.228 e. The van der Waals surface area contributed by atoms with Crippen molar-refractivity contribution in [1.29, 1.82) is 0 Å². The summed E-state index contributed by atoms with van der Waals surface area (Å²) in [6.07, 6.45) is 0. The molecule has 1 aliphatic carbocycles. The molecule has 0 aliphatic heterocycles. The fraction of sp³-hybridized carbons (Fsp3) is 0.0517. The zero-order valence-corrected chi connectivity index (χ0v) is 34.9. The van der Waals surface area contributed by atoms with Gasteiger partial charge in [-0.1, -0.05) is 196 Å². The van der Waals surface area contributed by atoms with Crippen molar-refractivity contribution < 1.29 is 0 Å². The van der Waals surface area contributed by atoms with Crippen LogP contribution >= 0.6 is 0 Å². The van der Waals surface area contributed by atoms with Gasteiger partial charge in [-0.2, -0.15) is 0 Å². The van der Waals surface area contributed by atoms with Gasteiger partial charge in [0.2, 0.25) is 0 Å². The Balaban J connectivity index is 0.986. The van der Waals surface area contributed by atoms with Gasteiger partial charge in [-0.15, -0.1) is 0 Å². The van der Waals surface area contributed by atoms with E-state index in [0.717, 1.165) is 67.0 Å². The third kappa shape index (κ3) is 7.19. The number of hydrogen-bond donors (Lipinski definition) is 0. The maximum absolute atomic E-state index is 5.20. The first-order valence-electron chi connectivity index (χ1n) is 21.3. The highest BCUT2D eigenvalue weighted by molar-refractivity contribution is 5.84. The molecule has 0 radical (unpaired) electrons. The molecule has 11 rings (SSSR count). The molecular weight excluding hydrogens is 767 g/mol. The van der Waals surface area contributed by atoms with Crippen LogP contribution in [0.15, 0.2) is 212 Å². The molecule has 1 aliphatic rings. The van der Waals surface area contributed by atoms with E-state index in [2.05, 4.69) is 172 Å². The van der Waals surface area contributed by atoms with Crippen molar-refractivity contribution in [1.82, 2.24) is 24.9 Å². The fourth-order valence-corrected chi connectivity index (χ4v) is 8.84. The molecule has 63 heavy (non-hydrogen) atoms. The molecule has 0 saturated carbocycles. The molecule has 2 heterocycles. The summed E-state index contributed by atoms with van der Waals surface area (Å²) >= 11 is 0. The molecule has 10 aromatic rings. The highest BCUT2D eigenvalue weighted by Gasteiger charge is 2.35. The number of hydrogen-bond acceptors (Lipinski definition) is 5. The number of benzene rings is 8. The maximum atomic E-state index is 5.20. The van der Waals surface area contributed by atoms with E-state index in [0.29, 0.717) is 23.3 Å². The minimum atomic E-state index is -0.123. The van der Waals surface area contributed by atoms with Crippen LogP contribution in [0.3, 0.4) is 0 Å². The van der Waals surface area contributed by atoms with Crippen molar-refractivity contribution in [3.05, 3.63) is 223 Å². The van der Waals surface area contributed by atoms with Gasteiger partial charge in [0.15, 0.2) is 23.3 Å². The second kappa shape index (κ2) is 15.7. The number of nitrogens with zero attached hydrogens (tertiary/aromatic N) is 5. The van der Waals surface area contributed by atoms with E-state index in [1.807, 2.05) is 54.6 Å². The van der Waals surface area contributed by atoms with Crippen molar-refractivity contribution >= 4 is 0 Å². The summed E-state index contributed by atoms with van der Waals surface area (Å²) in [4.78, 5) is 25.6. The molecule has 0 atom stereocenters. The van der Waals surface area contributed by atoms with Gasteiger partial charge < -0.3 is 0 Å². The van der Waals surface area contributed by atoms with Crippen LogP contribution in [0.5, 0.6) is 0 Å². The predicted molar refractivity (Wildman–Crippen MR) is 256 cm³/mol. The third-order valence-electron chi connectivity index (χ3n) is 12.1. The van der Waals surface area contributed by atoms with Gasteiger partial charge in [0.25, 0.3) is 0 Å². The number of rotatable bonds is 8. The Morgan fingerprint density at radius 3 is 1.21 bits per heavy atom. The molecule has 0 spiro atoms. The summed E-state index contributed by atoms with van der Waals surface area (Å²) in [5.41, 5.74) is 17.0. The summed E-state index contributed by atoms with van der Waals surface area (Å²) < 4.78 is 0. The van der Waals surface area contributed by atoms with Crippen molar-refractivity contribution in [3.8, 4) is 101 Å². The van der Waals surface area contributed by atoms with E-state index in [9.17, 15) is 0 Å². The molecule has 0 unspecified atom stereocenters. The summed E-state index contributed by atoms with van der Waals surface area (Å²) in [6.45, 7) is 4.63. The smallest absolute Gasteiger partial charge is 0.164 e. The Morgan fingerprint density at radius 1 is 0.254 bits per heavy atom. The second-order valence-corrected chi connectivity index (χ2v) is 16.5. The molecular formula is C58H41N5. The van der Waals surface area contributed by atoms with Crippen molar-refractivity contribution in [2.24, 2.45) is 0 Å². The quantitative estimate of drug-likeness (QED) is 0.153. The van der Waals surface area contributed by atoms with Gasteiger partial charge in [0.1, 0.15) is 0 Å². The van der Waals surface area contributed by atoms with E-state index in [-0.39, 0.29) is 5.41 Å². The highest BCUT2D eigenvalue weighted by Crippen LogP contribution is 2.49. The van der Waals surface area contributed by atoms with Gasteiger partial charge >= 0.3 is 0 Å². The monoisotopic (exact) mass is 807 g/mol. The van der Waals surface area contributed by atoms with E-state index in [1.54, 1.807) is 0 Å². The van der Waals surface area contributed by atoms with Crippen LogP contribution in [0.25, 0.3) is 101 Å². The van der Waals surface area contributed by atoms with E-state index in [1.165, 1.54) is 22.3 Å². The average Bonchev–Trinajstić information content (AvgIpc) is 3.59. The van der Waals surface area contributed by atoms with Gasteiger partial charge in [0.05, 0.1) is 11.4 Å². The molecule has 5 nitrogen and oxygen atoms in total. The predicted octanol–water partition coefficient (Wildman–Crippen LogP) is 14.3. The first-order chi connectivity index (χ1) is 30.9. The Morgan fingerprint density at radius 2 is 0.635 bits per heavy atom.